The number of aryl methyl sites for hydroxylation is 1. The number of carbonyl (C=O) groups is 1. The molecule has 0 saturated carbocycles. The van der Waals surface area contributed by atoms with E-state index in [0.717, 1.165) is 5.56 Å². The molecule has 1 aromatic carbocycles. The van der Waals surface area contributed by atoms with Crippen LogP contribution in [-0.2, 0) is 10.0 Å². The summed E-state index contributed by atoms with van der Waals surface area (Å²) in [6, 6.07) is 7.62. The van der Waals surface area contributed by atoms with Crippen LogP contribution in [0.1, 0.15) is 16.1 Å². The number of imidazole rings is 1. The number of nitrogens with two attached hydrogens (primary N) is 1. The Kier molecular flexibility index (Phi) is 5.14. The SMILES string of the molecule is Cc1ccc(S(=O)(=O)Nc2ccc(C(=O)N3CC(O)C3)nc2)cc1-c1cnc2c(N)ncnn12. The first-order valence-corrected chi connectivity index (χ1v) is 11.7. The Bertz CT molecular complexity index is 1510. The first kappa shape index (κ1) is 21.7. The number of aromatic nitrogens is 5. The number of hydrogen-bond acceptors (Lipinski definition) is 9. The maximum atomic E-state index is 13.1. The highest BCUT2D eigenvalue weighted by Gasteiger charge is 2.30. The van der Waals surface area contributed by atoms with Gasteiger partial charge >= 0.3 is 0 Å². The monoisotopic (exact) mass is 480 g/mol. The molecule has 13 heteroatoms. The number of aliphatic hydroxyl groups excluding tert-OH is 1. The zero-order valence-electron chi connectivity index (χ0n) is 18.0. The molecule has 34 heavy (non-hydrogen) atoms. The van der Waals surface area contributed by atoms with Crippen molar-refractivity contribution in [1.29, 1.82) is 0 Å². The summed E-state index contributed by atoms with van der Waals surface area (Å²) >= 11 is 0. The van der Waals surface area contributed by atoms with E-state index in [1.165, 1.54) is 46.2 Å². The molecule has 12 nitrogen and oxygen atoms in total. The fourth-order valence-corrected chi connectivity index (χ4v) is 4.71. The van der Waals surface area contributed by atoms with E-state index < -0.39 is 16.1 Å². The highest BCUT2D eigenvalue weighted by atomic mass is 32.2. The first-order valence-electron chi connectivity index (χ1n) is 10.2. The summed E-state index contributed by atoms with van der Waals surface area (Å²) in [5, 5.41) is 13.5. The lowest BCUT2D eigenvalue weighted by molar-refractivity contribution is 0.00551. The van der Waals surface area contributed by atoms with Crippen LogP contribution in [0.25, 0.3) is 16.9 Å². The largest absolute Gasteiger partial charge is 0.389 e. The lowest BCUT2D eigenvalue weighted by Gasteiger charge is -2.35. The number of carbonyl (C=O) groups excluding carboxylic acids is 1. The minimum atomic E-state index is -3.96. The summed E-state index contributed by atoms with van der Waals surface area (Å²) in [7, 11) is -3.96. The number of pyridine rings is 1. The van der Waals surface area contributed by atoms with Crippen molar-refractivity contribution in [3.63, 3.8) is 0 Å². The number of sulfonamides is 1. The normalized spacial score (nSPS) is 14.2. The molecule has 1 aliphatic heterocycles. The number of nitrogens with zero attached hydrogens (tertiary/aromatic N) is 6. The van der Waals surface area contributed by atoms with Crippen molar-refractivity contribution in [2.45, 2.75) is 17.9 Å². The van der Waals surface area contributed by atoms with Gasteiger partial charge in [-0.1, -0.05) is 6.07 Å². The third kappa shape index (κ3) is 3.80. The van der Waals surface area contributed by atoms with Gasteiger partial charge in [0.1, 0.15) is 12.0 Å². The molecule has 1 saturated heterocycles. The molecule has 0 spiro atoms. The van der Waals surface area contributed by atoms with Crippen molar-refractivity contribution < 1.29 is 18.3 Å². The van der Waals surface area contributed by atoms with E-state index in [4.69, 9.17) is 5.73 Å². The predicted octanol–water partition coefficient (Wildman–Crippen LogP) is 0.694. The first-order chi connectivity index (χ1) is 16.2. The molecule has 0 atom stereocenters. The number of hydrogen-bond donors (Lipinski definition) is 3. The molecule has 4 aromatic rings. The van der Waals surface area contributed by atoms with E-state index >= 15 is 0 Å². The van der Waals surface area contributed by atoms with Crippen LogP contribution in [-0.4, -0.2) is 68.1 Å². The third-order valence-electron chi connectivity index (χ3n) is 5.51. The van der Waals surface area contributed by atoms with Gasteiger partial charge in [-0.3, -0.25) is 9.52 Å². The van der Waals surface area contributed by atoms with Crippen molar-refractivity contribution >= 4 is 33.1 Å². The Morgan fingerprint density at radius 1 is 1.15 bits per heavy atom. The summed E-state index contributed by atoms with van der Waals surface area (Å²) in [5.74, 6) is -0.107. The number of nitrogen functional groups attached to an aromatic ring is 1. The van der Waals surface area contributed by atoms with Crippen molar-refractivity contribution in [1.82, 2.24) is 29.5 Å². The zero-order chi connectivity index (χ0) is 24.0. The minimum absolute atomic E-state index is 0.0276. The topological polar surface area (TPSA) is 169 Å². The lowest BCUT2D eigenvalue weighted by atomic mass is 10.1. The fraction of sp³-hybridized carbons (Fsp3) is 0.190. The molecule has 4 heterocycles. The van der Waals surface area contributed by atoms with Gasteiger partial charge in [0, 0.05) is 18.7 Å². The molecule has 3 aromatic heterocycles. The predicted molar refractivity (Wildman–Crippen MR) is 122 cm³/mol. The van der Waals surface area contributed by atoms with E-state index in [9.17, 15) is 18.3 Å². The molecule has 0 radical (unpaired) electrons. The molecule has 174 valence electrons. The van der Waals surface area contributed by atoms with Crippen LogP contribution in [0.2, 0.25) is 0 Å². The van der Waals surface area contributed by atoms with Gasteiger partial charge in [-0.25, -0.2) is 27.9 Å². The Labute approximate surface area is 194 Å². The maximum absolute atomic E-state index is 13.1. The standard InChI is InChI=1S/C21H20N8O4S/c1-12-2-4-15(6-16(12)18-8-24-20-19(22)25-11-26-29(18)20)34(32,33)27-13-3-5-17(23-7-13)21(31)28-9-14(30)10-28/h2-8,11,14,27,30H,9-10H2,1H3,(H2,22,25,26). The summed E-state index contributed by atoms with van der Waals surface area (Å²) in [6.45, 7) is 2.37. The van der Waals surface area contributed by atoms with Gasteiger partial charge in [-0.2, -0.15) is 5.10 Å². The highest BCUT2D eigenvalue weighted by molar-refractivity contribution is 7.92. The zero-order valence-corrected chi connectivity index (χ0v) is 18.8. The van der Waals surface area contributed by atoms with Gasteiger partial charge in [0.2, 0.25) is 0 Å². The van der Waals surface area contributed by atoms with E-state index in [1.54, 1.807) is 12.3 Å². The van der Waals surface area contributed by atoms with Crippen LogP contribution in [0.15, 0.2) is 53.9 Å². The van der Waals surface area contributed by atoms with Crippen LogP contribution in [0.4, 0.5) is 11.5 Å². The number of fused-ring (bicyclic) bond motifs is 1. The summed E-state index contributed by atoms with van der Waals surface area (Å²) in [4.78, 5) is 26.0. The average molecular weight is 481 g/mol. The van der Waals surface area contributed by atoms with E-state index in [1.807, 2.05) is 6.92 Å². The number of nitrogens with one attached hydrogen (secondary N) is 1. The Hall–Kier alpha value is -4.10. The molecule has 4 N–H and O–H groups in total. The molecule has 0 aliphatic carbocycles. The van der Waals surface area contributed by atoms with Crippen molar-refractivity contribution in [3.8, 4) is 11.3 Å². The Balaban J connectivity index is 1.41. The Morgan fingerprint density at radius 3 is 2.65 bits per heavy atom. The van der Waals surface area contributed by atoms with Gasteiger partial charge in [0.15, 0.2) is 11.5 Å². The number of benzene rings is 1. The van der Waals surface area contributed by atoms with Gasteiger partial charge < -0.3 is 15.7 Å². The number of likely N-dealkylation sites (tertiary alicyclic amines) is 1. The summed E-state index contributed by atoms with van der Waals surface area (Å²) in [6.07, 6.45) is 3.62. The fourth-order valence-electron chi connectivity index (χ4n) is 3.64. The van der Waals surface area contributed by atoms with Gasteiger partial charge in [-0.05, 0) is 36.8 Å². The number of rotatable bonds is 5. The van der Waals surface area contributed by atoms with Crippen LogP contribution in [0, 0.1) is 6.92 Å². The maximum Gasteiger partial charge on any atom is 0.272 e. The number of anilines is 2. The molecule has 1 aliphatic rings. The highest BCUT2D eigenvalue weighted by Crippen LogP contribution is 2.28. The second-order valence-corrected chi connectivity index (χ2v) is 9.58. The molecular weight excluding hydrogens is 460 g/mol. The van der Waals surface area contributed by atoms with Crippen LogP contribution >= 0.6 is 0 Å². The summed E-state index contributed by atoms with van der Waals surface area (Å²) in [5.41, 5.74) is 8.60. The van der Waals surface area contributed by atoms with Crippen molar-refractivity contribution in [2.75, 3.05) is 23.5 Å². The molecule has 1 fully saturated rings. The molecule has 5 rings (SSSR count). The van der Waals surface area contributed by atoms with Crippen molar-refractivity contribution in [2.24, 2.45) is 0 Å². The Morgan fingerprint density at radius 2 is 1.94 bits per heavy atom. The van der Waals surface area contributed by atoms with Gasteiger partial charge in [-0.15, -0.1) is 0 Å². The molecule has 0 bridgehead atoms. The van der Waals surface area contributed by atoms with Gasteiger partial charge in [0.25, 0.3) is 15.9 Å². The smallest absolute Gasteiger partial charge is 0.272 e. The number of aliphatic hydroxyl groups is 1. The van der Waals surface area contributed by atoms with E-state index in [-0.39, 0.29) is 41.1 Å². The molecule has 0 unspecified atom stereocenters. The molecular formula is C21H20N8O4S. The molecule has 1 amide bonds. The average Bonchev–Trinajstić information content (AvgIpc) is 3.22. The van der Waals surface area contributed by atoms with E-state index in [0.29, 0.717) is 16.9 Å². The van der Waals surface area contributed by atoms with Crippen molar-refractivity contribution in [3.05, 3.63) is 60.3 Å². The van der Waals surface area contributed by atoms with Gasteiger partial charge in [0.05, 0.1) is 34.8 Å². The minimum Gasteiger partial charge on any atom is -0.389 e. The number of β-amino-alcohol motifs (C(OH)–C–C–N with tert-alkyl or cyclic N) is 1. The van der Waals surface area contributed by atoms with E-state index in [2.05, 4.69) is 24.8 Å². The quantitative estimate of drug-likeness (QED) is 0.372. The second-order valence-electron chi connectivity index (χ2n) is 7.90. The number of amides is 1. The van der Waals surface area contributed by atoms with Crippen LogP contribution in [0.3, 0.4) is 0 Å². The third-order valence-corrected chi connectivity index (χ3v) is 6.89. The lowest BCUT2D eigenvalue weighted by Crippen LogP contribution is -2.53. The summed E-state index contributed by atoms with van der Waals surface area (Å²) < 4.78 is 30.1. The van der Waals surface area contributed by atoms with Crippen LogP contribution < -0.4 is 10.5 Å². The second kappa shape index (κ2) is 8.04. The van der Waals surface area contributed by atoms with Crippen LogP contribution in [0.5, 0.6) is 0 Å².